The number of anilines is 1. The van der Waals surface area contributed by atoms with Crippen LogP contribution in [0.1, 0.15) is 16.8 Å². The lowest BCUT2D eigenvalue weighted by Crippen LogP contribution is -2.17. The van der Waals surface area contributed by atoms with Crippen LogP contribution < -0.4 is 11.0 Å². The van der Waals surface area contributed by atoms with Crippen LogP contribution in [-0.2, 0) is 0 Å². The van der Waals surface area contributed by atoms with Crippen LogP contribution >= 0.6 is 11.6 Å². The zero-order valence-electron chi connectivity index (χ0n) is 13.4. The predicted molar refractivity (Wildman–Crippen MR) is 98.5 cm³/mol. The molecule has 3 rings (SSSR count). The zero-order valence-corrected chi connectivity index (χ0v) is 14.1. The van der Waals surface area contributed by atoms with E-state index in [0.717, 1.165) is 22.6 Å². The number of hydrazone groups is 1. The minimum Gasteiger partial charge on any atom is -0.295 e. The van der Waals surface area contributed by atoms with Crippen LogP contribution in [0.4, 0.5) is 5.69 Å². The van der Waals surface area contributed by atoms with Crippen LogP contribution in [0.2, 0.25) is 5.02 Å². The molecule has 0 aliphatic carbocycles. The first-order chi connectivity index (χ1) is 11.5. The average molecular weight is 341 g/mol. The maximum Gasteiger partial charge on any atom is 0.280 e. The van der Waals surface area contributed by atoms with Gasteiger partial charge in [0.05, 0.1) is 23.2 Å². The Morgan fingerprint density at radius 2 is 1.92 bits per heavy atom. The summed E-state index contributed by atoms with van der Waals surface area (Å²) < 4.78 is 1.47. The van der Waals surface area contributed by atoms with E-state index in [1.807, 2.05) is 38.1 Å². The molecule has 0 fully saturated rings. The Bertz CT molecular complexity index is 938. The molecular formula is C18H17ClN4O. The van der Waals surface area contributed by atoms with Crippen molar-refractivity contribution in [3.05, 3.63) is 80.7 Å². The van der Waals surface area contributed by atoms with E-state index in [-0.39, 0.29) is 5.56 Å². The van der Waals surface area contributed by atoms with E-state index in [0.29, 0.717) is 10.6 Å². The molecule has 5 nitrogen and oxygen atoms in total. The summed E-state index contributed by atoms with van der Waals surface area (Å²) in [5, 5.41) is 7.84. The molecule has 0 saturated carbocycles. The fraction of sp³-hybridized carbons (Fsp3) is 0.111. The lowest BCUT2D eigenvalue weighted by atomic mass is 10.2. The topological polar surface area (TPSA) is 62.2 Å². The molecule has 2 aromatic carbocycles. The molecule has 0 spiro atoms. The lowest BCUT2D eigenvalue weighted by Gasteiger charge is -2.00. The maximum absolute atomic E-state index is 12.6. The average Bonchev–Trinajstić information content (AvgIpc) is 2.84. The van der Waals surface area contributed by atoms with Gasteiger partial charge < -0.3 is 0 Å². The van der Waals surface area contributed by atoms with Gasteiger partial charge in [-0.05, 0) is 55.8 Å². The first-order valence-corrected chi connectivity index (χ1v) is 7.86. The first kappa shape index (κ1) is 16.1. The van der Waals surface area contributed by atoms with Crippen molar-refractivity contribution in [3.8, 4) is 5.69 Å². The highest BCUT2D eigenvalue weighted by atomic mass is 35.5. The molecule has 0 unspecified atom stereocenters. The second-order valence-corrected chi connectivity index (χ2v) is 5.94. The largest absolute Gasteiger partial charge is 0.295 e. The van der Waals surface area contributed by atoms with Gasteiger partial charge in [-0.15, -0.1) is 0 Å². The fourth-order valence-electron chi connectivity index (χ4n) is 2.37. The van der Waals surface area contributed by atoms with Gasteiger partial charge >= 0.3 is 0 Å². The molecule has 0 radical (unpaired) electrons. The molecule has 1 heterocycles. The molecule has 2 N–H and O–H groups in total. The quantitative estimate of drug-likeness (QED) is 0.559. The van der Waals surface area contributed by atoms with Crippen LogP contribution in [0.5, 0.6) is 0 Å². The van der Waals surface area contributed by atoms with E-state index < -0.39 is 0 Å². The summed E-state index contributed by atoms with van der Waals surface area (Å²) in [6, 6.07) is 14.9. The van der Waals surface area contributed by atoms with E-state index in [9.17, 15) is 4.79 Å². The van der Waals surface area contributed by atoms with Crippen molar-refractivity contribution in [2.75, 3.05) is 5.43 Å². The van der Waals surface area contributed by atoms with Crippen molar-refractivity contribution in [1.29, 1.82) is 0 Å². The third-order valence-electron chi connectivity index (χ3n) is 3.61. The number of benzene rings is 2. The highest BCUT2D eigenvalue weighted by Crippen LogP contribution is 2.12. The number of aromatic nitrogens is 2. The van der Waals surface area contributed by atoms with Crippen molar-refractivity contribution in [1.82, 2.24) is 9.78 Å². The molecule has 0 atom stereocenters. The minimum absolute atomic E-state index is 0.162. The Hall–Kier alpha value is -2.79. The molecule has 3 aromatic rings. The standard InChI is InChI=1S/C18H17ClN4O/c1-12-4-3-5-15(10-12)21-20-11-17-13(2)22-23(18(17)24)16-8-6-14(19)7-9-16/h3-11,21-22H,1-2H3. The summed E-state index contributed by atoms with van der Waals surface area (Å²) >= 11 is 5.89. The molecular weight excluding hydrogens is 324 g/mol. The Morgan fingerprint density at radius 3 is 2.62 bits per heavy atom. The van der Waals surface area contributed by atoms with E-state index in [4.69, 9.17) is 11.6 Å². The number of nitrogens with zero attached hydrogens (tertiary/aromatic N) is 2. The van der Waals surface area contributed by atoms with Gasteiger partial charge in [-0.3, -0.25) is 15.3 Å². The monoisotopic (exact) mass is 340 g/mol. The van der Waals surface area contributed by atoms with Crippen molar-refractivity contribution in [2.45, 2.75) is 13.8 Å². The zero-order chi connectivity index (χ0) is 17.1. The van der Waals surface area contributed by atoms with Crippen LogP contribution in [0.15, 0.2) is 58.4 Å². The number of rotatable bonds is 4. The minimum atomic E-state index is -0.162. The van der Waals surface area contributed by atoms with E-state index in [1.54, 1.807) is 24.3 Å². The third-order valence-corrected chi connectivity index (χ3v) is 3.86. The summed E-state index contributed by atoms with van der Waals surface area (Å²) in [5.41, 5.74) is 6.75. The van der Waals surface area contributed by atoms with E-state index >= 15 is 0 Å². The predicted octanol–water partition coefficient (Wildman–Crippen LogP) is 3.88. The van der Waals surface area contributed by atoms with E-state index in [2.05, 4.69) is 15.6 Å². The number of hydrogen-bond acceptors (Lipinski definition) is 3. The van der Waals surface area contributed by atoms with Crippen LogP contribution in [0.25, 0.3) is 5.69 Å². The number of aromatic amines is 1. The first-order valence-electron chi connectivity index (χ1n) is 7.48. The van der Waals surface area contributed by atoms with Gasteiger partial charge in [0.2, 0.25) is 0 Å². The Balaban J connectivity index is 1.85. The summed E-state index contributed by atoms with van der Waals surface area (Å²) in [7, 11) is 0. The van der Waals surface area contributed by atoms with Gasteiger partial charge in [0.25, 0.3) is 5.56 Å². The normalized spacial score (nSPS) is 11.1. The van der Waals surface area contributed by atoms with Crippen molar-refractivity contribution in [3.63, 3.8) is 0 Å². The van der Waals surface area contributed by atoms with Crippen molar-refractivity contribution < 1.29 is 0 Å². The van der Waals surface area contributed by atoms with Crippen molar-refractivity contribution in [2.24, 2.45) is 5.10 Å². The molecule has 1 aromatic heterocycles. The second-order valence-electron chi connectivity index (χ2n) is 5.51. The van der Waals surface area contributed by atoms with Gasteiger partial charge in [0.15, 0.2) is 0 Å². The number of aryl methyl sites for hydroxylation is 2. The fourth-order valence-corrected chi connectivity index (χ4v) is 2.50. The highest BCUT2D eigenvalue weighted by Gasteiger charge is 2.10. The summed E-state index contributed by atoms with van der Waals surface area (Å²) in [4.78, 5) is 12.6. The smallest absolute Gasteiger partial charge is 0.280 e. The summed E-state index contributed by atoms with van der Waals surface area (Å²) in [6.45, 7) is 3.85. The van der Waals surface area contributed by atoms with Gasteiger partial charge in [0.1, 0.15) is 0 Å². The van der Waals surface area contributed by atoms with Gasteiger partial charge in [-0.25, -0.2) is 4.68 Å². The molecule has 122 valence electrons. The van der Waals surface area contributed by atoms with Gasteiger partial charge in [0, 0.05) is 10.7 Å². The molecule has 0 amide bonds. The van der Waals surface area contributed by atoms with Gasteiger partial charge in [-0.2, -0.15) is 5.10 Å². The summed E-state index contributed by atoms with van der Waals surface area (Å²) in [5.74, 6) is 0. The van der Waals surface area contributed by atoms with Gasteiger partial charge in [-0.1, -0.05) is 23.7 Å². The molecule has 6 heteroatoms. The van der Waals surface area contributed by atoms with Crippen LogP contribution in [0.3, 0.4) is 0 Å². The molecule has 24 heavy (non-hydrogen) atoms. The number of H-pyrrole nitrogens is 1. The van der Waals surface area contributed by atoms with Crippen molar-refractivity contribution >= 4 is 23.5 Å². The molecule has 0 saturated heterocycles. The Labute approximate surface area is 144 Å². The molecule has 0 bridgehead atoms. The number of halogens is 1. The van der Waals surface area contributed by atoms with Crippen LogP contribution in [-0.4, -0.2) is 16.0 Å². The lowest BCUT2D eigenvalue weighted by molar-refractivity contribution is 0.835. The summed E-state index contributed by atoms with van der Waals surface area (Å²) in [6.07, 6.45) is 1.53. The SMILES string of the molecule is Cc1cccc(NN=Cc2c(C)[nH]n(-c3ccc(Cl)cc3)c2=O)c1. The Kier molecular flexibility index (Phi) is 4.53. The van der Waals surface area contributed by atoms with E-state index in [1.165, 1.54) is 10.9 Å². The van der Waals surface area contributed by atoms with Crippen LogP contribution in [0, 0.1) is 13.8 Å². The molecule has 0 aliphatic rings. The third kappa shape index (κ3) is 3.41. The highest BCUT2D eigenvalue weighted by molar-refractivity contribution is 6.30. The Morgan fingerprint density at radius 1 is 1.17 bits per heavy atom. The number of hydrogen-bond donors (Lipinski definition) is 2. The second kappa shape index (κ2) is 6.76. The maximum atomic E-state index is 12.6. The molecule has 0 aliphatic heterocycles. The number of nitrogens with one attached hydrogen (secondary N) is 2.